The first-order valence-electron chi connectivity index (χ1n) is 5.51. The highest BCUT2D eigenvalue weighted by Crippen LogP contribution is 2.24. The number of nitrogens with two attached hydrogens (primary N) is 1. The summed E-state index contributed by atoms with van der Waals surface area (Å²) >= 11 is 0. The predicted molar refractivity (Wildman–Crippen MR) is 68.0 cm³/mol. The average molecular weight is 302 g/mol. The highest BCUT2D eigenvalue weighted by Gasteiger charge is 2.27. The zero-order valence-electron chi connectivity index (χ0n) is 10.5. The van der Waals surface area contributed by atoms with Gasteiger partial charge in [0.05, 0.1) is 6.54 Å². The van der Waals surface area contributed by atoms with E-state index in [-0.39, 0.29) is 12.2 Å². The number of sulfonamides is 1. The third-order valence-corrected chi connectivity index (χ3v) is 4.44. The number of imidazole rings is 1. The molecule has 6 nitrogen and oxygen atoms in total. The summed E-state index contributed by atoms with van der Waals surface area (Å²) in [5, 5.41) is 0. The molecule has 0 amide bonds. The Morgan fingerprint density at radius 3 is 2.70 bits per heavy atom. The molecule has 0 spiro atoms. The zero-order chi connectivity index (χ0) is 14.9. The van der Waals surface area contributed by atoms with Crippen LogP contribution in [-0.4, -0.2) is 29.7 Å². The van der Waals surface area contributed by atoms with Crippen molar-refractivity contribution in [3.63, 3.8) is 0 Å². The molecule has 20 heavy (non-hydrogen) atoms. The van der Waals surface area contributed by atoms with Crippen LogP contribution in [-0.2, 0) is 16.6 Å². The third kappa shape index (κ3) is 2.63. The van der Waals surface area contributed by atoms with Crippen LogP contribution in [0.5, 0.6) is 0 Å². The van der Waals surface area contributed by atoms with E-state index in [1.807, 2.05) is 0 Å². The van der Waals surface area contributed by atoms with E-state index in [2.05, 4.69) is 9.97 Å². The van der Waals surface area contributed by atoms with E-state index in [4.69, 9.17) is 5.73 Å². The molecular weight excluding hydrogens is 290 g/mol. The smallest absolute Gasteiger partial charge is 0.246 e. The number of nitrogen functional groups attached to an aromatic ring is 1. The van der Waals surface area contributed by atoms with E-state index >= 15 is 0 Å². The quantitative estimate of drug-likeness (QED) is 0.827. The summed E-state index contributed by atoms with van der Waals surface area (Å²) in [6, 6.07) is 1.60. The minimum absolute atomic E-state index is 0.106. The zero-order valence-corrected chi connectivity index (χ0v) is 11.3. The molecule has 0 aliphatic carbocycles. The molecular formula is C11H12F2N4O2S. The van der Waals surface area contributed by atoms with Gasteiger partial charge in [-0.15, -0.1) is 0 Å². The molecule has 1 heterocycles. The third-order valence-electron chi connectivity index (χ3n) is 2.63. The second-order valence-electron chi connectivity index (χ2n) is 4.11. The second-order valence-corrected chi connectivity index (χ2v) is 6.13. The number of halogens is 2. The second kappa shape index (κ2) is 5.17. The van der Waals surface area contributed by atoms with Gasteiger partial charge in [-0.05, 0) is 12.1 Å². The number of hydrogen-bond acceptors (Lipinski definition) is 4. The number of hydrogen-bond donors (Lipinski definition) is 2. The summed E-state index contributed by atoms with van der Waals surface area (Å²) in [4.78, 5) is 5.78. The number of benzene rings is 1. The summed E-state index contributed by atoms with van der Waals surface area (Å²) < 4.78 is 52.2. The Kier molecular flexibility index (Phi) is 3.73. The molecule has 0 saturated carbocycles. The van der Waals surface area contributed by atoms with Gasteiger partial charge in [-0.1, -0.05) is 0 Å². The Hall–Kier alpha value is -2.00. The number of rotatable bonds is 4. The largest absolute Gasteiger partial charge is 0.399 e. The number of H-pyrrole nitrogens is 1. The maximum Gasteiger partial charge on any atom is 0.246 e. The monoisotopic (exact) mass is 302 g/mol. The minimum atomic E-state index is -4.21. The SMILES string of the molecule is CN(Cc1ncc[nH]1)S(=O)(=O)c1cc(N)cc(F)c1F. The number of anilines is 1. The summed E-state index contributed by atoms with van der Waals surface area (Å²) in [5.74, 6) is -2.39. The van der Waals surface area contributed by atoms with Crippen molar-refractivity contribution in [3.05, 3.63) is 42.0 Å². The molecule has 2 rings (SSSR count). The molecule has 0 bridgehead atoms. The van der Waals surface area contributed by atoms with E-state index in [0.717, 1.165) is 16.4 Å². The van der Waals surface area contributed by atoms with Crippen LogP contribution in [0.1, 0.15) is 5.82 Å². The molecule has 0 fully saturated rings. The predicted octanol–water partition coefficient (Wildman–Crippen LogP) is 1.09. The fourth-order valence-corrected chi connectivity index (χ4v) is 2.86. The maximum absolute atomic E-state index is 13.7. The summed E-state index contributed by atoms with van der Waals surface area (Å²) in [7, 11) is -2.98. The topological polar surface area (TPSA) is 92.1 Å². The van der Waals surface area contributed by atoms with Gasteiger partial charge in [0.2, 0.25) is 10.0 Å². The van der Waals surface area contributed by atoms with Crippen molar-refractivity contribution >= 4 is 15.7 Å². The molecule has 0 aliphatic rings. The standard InChI is InChI=1S/C11H12F2N4O2S/c1-17(6-10-15-2-3-16-10)20(18,19)9-5-7(14)4-8(12)11(9)13/h2-5H,6,14H2,1H3,(H,15,16). The van der Waals surface area contributed by atoms with Crippen LogP contribution < -0.4 is 5.73 Å². The van der Waals surface area contributed by atoms with Crippen LogP contribution in [0, 0.1) is 11.6 Å². The fraction of sp³-hybridized carbons (Fsp3) is 0.182. The van der Waals surface area contributed by atoms with Crippen LogP contribution in [0.25, 0.3) is 0 Å². The first-order chi connectivity index (χ1) is 9.32. The average Bonchev–Trinajstić information content (AvgIpc) is 2.86. The molecule has 1 aromatic carbocycles. The van der Waals surface area contributed by atoms with Crippen LogP contribution in [0.2, 0.25) is 0 Å². The van der Waals surface area contributed by atoms with E-state index < -0.39 is 26.6 Å². The number of nitrogens with zero attached hydrogens (tertiary/aromatic N) is 2. The molecule has 9 heteroatoms. The molecule has 0 atom stereocenters. The number of aromatic amines is 1. The van der Waals surface area contributed by atoms with Gasteiger partial charge in [0.1, 0.15) is 10.7 Å². The van der Waals surface area contributed by atoms with Crippen molar-refractivity contribution in [2.24, 2.45) is 0 Å². The van der Waals surface area contributed by atoms with Crippen LogP contribution in [0.3, 0.4) is 0 Å². The lowest BCUT2D eigenvalue weighted by Gasteiger charge is -2.17. The highest BCUT2D eigenvalue weighted by molar-refractivity contribution is 7.89. The lowest BCUT2D eigenvalue weighted by molar-refractivity contribution is 0.442. The van der Waals surface area contributed by atoms with Crippen molar-refractivity contribution in [2.45, 2.75) is 11.4 Å². The van der Waals surface area contributed by atoms with Crippen molar-refractivity contribution < 1.29 is 17.2 Å². The molecule has 0 unspecified atom stereocenters. The summed E-state index contributed by atoms with van der Waals surface area (Å²) in [5.41, 5.74) is 5.18. The van der Waals surface area contributed by atoms with Gasteiger partial charge < -0.3 is 10.7 Å². The molecule has 0 saturated heterocycles. The molecule has 0 aliphatic heterocycles. The van der Waals surface area contributed by atoms with Crippen molar-refractivity contribution in [1.29, 1.82) is 0 Å². The van der Waals surface area contributed by atoms with Gasteiger partial charge in [-0.3, -0.25) is 0 Å². The highest BCUT2D eigenvalue weighted by atomic mass is 32.2. The maximum atomic E-state index is 13.7. The Bertz CT molecular complexity index is 716. The fourth-order valence-electron chi connectivity index (χ4n) is 1.62. The summed E-state index contributed by atoms with van der Waals surface area (Å²) in [6.07, 6.45) is 2.98. The minimum Gasteiger partial charge on any atom is -0.399 e. The summed E-state index contributed by atoms with van der Waals surface area (Å²) in [6.45, 7) is -0.106. The van der Waals surface area contributed by atoms with Crippen LogP contribution >= 0.6 is 0 Å². The first-order valence-corrected chi connectivity index (χ1v) is 6.95. The molecule has 2 aromatic rings. The number of nitrogens with one attached hydrogen (secondary N) is 1. The number of aromatic nitrogens is 2. The van der Waals surface area contributed by atoms with E-state index in [0.29, 0.717) is 5.82 Å². The van der Waals surface area contributed by atoms with Crippen LogP contribution in [0.15, 0.2) is 29.4 Å². The van der Waals surface area contributed by atoms with Gasteiger partial charge in [-0.2, -0.15) is 4.31 Å². The lowest BCUT2D eigenvalue weighted by Crippen LogP contribution is -2.28. The Morgan fingerprint density at radius 1 is 1.40 bits per heavy atom. The van der Waals surface area contributed by atoms with E-state index in [1.165, 1.54) is 19.4 Å². The Balaban J connectivity index is 2.40. The Morgan fingerprint density at radius 2 is 2.10 bits per heavy atom. The first kappa shape index (κ1) is 14.4. The van der Waals surface area contributed by atoms with Gasteiger partial charge in [0, 0.05) is 25.1 Å². The van der Waals surface area contributed by atoms with Gasteiger partial charge in [0.15, 0.2) is 11.6 Å². The van der Waals surface area contributed by atoms with Crippen LogP contribution in [0.4, 0.5) is 14.5 Å². The normalized spacial score (nSPS) is 12.0. The molecule has 3 N–H and O–H groups in total. The van der Waals surface area contributed by atoms with E-state index in [9.17, 15) is 17.2 Å². The van der Waals surface area contributed by atoms with Crippen molar-refractivity contribution in [3.8, 4) is 0 Å². The molecule has 1 aromatic heterocycles. The Labute approximate surface area is 114 Å². The van der Waals surface area contributed by atoms with Gasteiger partial charge >= 0.3 is 0 Å². The van der Waals surface area contributed by atoms with Crippen molar-refractivity contribution in [1.82, 2.24) is 14.3 Å². The molecule has 108 valence electrons. The van der Waals surface area contributed by atoms with Gasteiger partial charge in [-0.25, -0.2) is 22.2 Å². The molecule has 0 radical (unpaired) electrons. The lowest BCUT2D eigenvalue weighted by atomic mass is 10.3. The van der Waals surface area contributed by atoms with Gasteiger partial charge in [0.25, 0.3) is 0 Å². The van der Waals surface area contributed by atoms with Crippen molar-refractivity contribution in [2.75, 3.05) is 12.8 Å². The van der Waals surface area contributed by atoms with E-state index in [1.54, 1.807) is 0 Å².